The van der Waals surface area contributed by atoms with Gasteiger partial charge >= 0.3 is 0 Å². The van der Waals surface area contributed by atoms with Gasteiger partial charge in [0.2, 0.25) is 5.89 Å². The molecule has 3 aromatic rings. The second-order valence-electron chi connectivity index (χ2n) is 6.50. The lowest BCUT2D eigenvalue weighted by Crippen LogP contribution is -2.28. The number of aromatic nitrogens is 1. The Balaban J connectivity index is 0.00000131. The van der Waals surface area contributed by atoms with Crippen molar-refractivity contribution in [1.82, 2.24) is 9.88 Å². The minimum Gasteiger partial charge on any atom is -0.439 e. The van der Waals surface area contributed by atoms with Crippen molar-refractivity contribution >= 4 is 40.7 Å². The van der Waals surface area contributed by atoms with Crippen molar-refractivity contribution in [3.63, 3.8) is 0 Å². The molecule has 0 spiro atoms. The van der Waals surface area contributed by atoms with Gasteiger partial charge in [-0.25, -0.2) is 4.98 Å². The highest BCUT2D eigenvalue weighted by molar-refractivity contribution is 9.10. The summed E-state index contributed by atoms with van der Waals surface area (Å²) in [5, 5.41) is 0. The number of oxazole rings is 1. The van der Waals surface area contributed by atoms with Gasteiger partial charge in [-0.3, -0.25) is 4.90 Å². The highest BCUT2D eigenvalue weighted by Gasteiger charge is 2.31. The van der Waals surface area contributed by atoms with Gasteiger partial charge in [0.05, 0.1) is 12.7 Å². The molecule has 1 fully saturated rings. The maximum Gasteiger partial charge on any atom is 0.209 e. The molecule has 0 saturated carbocycles. The van der Waals surface area contributed by atoms with E-state index in [1.807, 2.05) is 30.3 Å². The number of likely N-dealkylation sites (tertiary alicyclic amines) is 1. The summed E-state index contributed by atoms with van der Waals surface area (Å²) in [7, 11) is 0. The van der Waals surface area contributed by atoms with E-state index in [1.54, 1.807) is 6.20 Å². The molecule has 0 aliphatic carbocycles. The Morgan fingerprint density at radius 3 is 2.44 bits per heavy atom. The van der Waals surface area contributed by atoms with Crippen LogP contribution in [0.3, 0.4) is 0 Å². The van der Waals surface area contributed by atoms with Gasteiger partial charge in [-0.05, 0) is 17.7 Å². The molecule has 1 aliphatic rings. The smallest absolute Gasteiger partial charge is 0.209 e. The number of hydrogen-bond donors (Lipinski definition) is 1. The van der Waals surface area contributed by atoms with E-state index in [2.05, 4.69) is 50.1 Å². The summed E-state index contributed by atoms with van der Waals surface area (Å²) >= 11 is 3.45. The minimum atomic E-state index is 0. The van der Waals surface area contributed by atoms with E-state index in [-0.39, 0.29) is 30.9 Å². The fraction of sp³-hybridized carbons (Fsp3) is 0.250. The predicted molar refractivity (Wildman–Crippen MR) is 117 cm³/mol. The maximum absolute atomic E-state index is 6.37. The van der Waals surface area contributed by atoms with Crippen LogP contribution in [0, 0.1) is 0 Å². The summed E-state index contributed by atoms with van der Waals surface area (Å²) in [6.07, 6.45) is 1.79. The molecule has 2 heterocycles. The highest BCUT2D eigenvalue weighted by atomic mass is 79.9. The largest absolute Gasteiger partial charge is 0.439 e. The molecule has 4 rings (SSSR count). The zero-order valence-corrected chi connectivity index (χ0v) is 17.8. The molecular formula is C20H22BrCl2N3O. The highest BCUT2D eigenvalue weighted by Crippen LogP contribution is 2.28. The number of halogens is 3. The fourth-order valence-corrected chi connectivity index (χ4v) is 3.68. The second-order valence-corrected chi connectivity index (χ2v) is 7.42. The van der Waals surface area contributed by atoms with Crippen LogP contribution in [0.2, 0.25) is 0 Å². The first kappa shape index (κ1) is 21.9. The van der Waals surface area contributed by atoms with Gasteiger partial charge in [-0.15, -0.1) is 24.8 Å². The summed E-state index contributed by atoms with van der Waals surface area (Å²) < 4.78 is 6.99. The molecule has 0 unspecified atom stereocenters. The first-order valence-corrected chi connectivity index (χ1v) is 9.22. The van der Waals surface area contributed by atoms with E-state index in [0.29, 0.717) is 12.5 Å². The van der Waals surface area contributed by atoms with E-state index >= 15 is 0 Å². The molecule has 4 nitrogen and oxygen atoms in total. The van der Waals surface area contributed by atoms with Gasteiger partial charge in [-0.1, -0.05) is 58.4 Å². The molecule has 1 aliphatic heterocycles. The number of rotatable bonds is 4. The van der Waals surface area contributed by atoms with Crippen molar-refractivity contribution in [3.8, 4) is 11.3 Å². The second kappa shape index (κ2) is 9.71. The standard InChI is InChI=1S/C20H20BrN3O.2ClH/c21-16-8-6-15(7-9-16)19-10-23-20(25-19)13-24-11-17(18(22)12-24)14-4-2-1-3-5-14;;/h1-10,17-18H,11-13,22H2;2*1H/t17-,18+;;/m0../s1. The zero-order chi connectivity index (χ0) is 17.2. The summed E-state index contributed by atoms with van der Waals surface area (Å²) in [5.41, 5.74) is 8.70. The Hall–Kier alpha value is -1.37. The number of benzene rings is 2. The monoisotopic (exact) mass is 469 g/mol. The minimum absolute atomic E-state index is 0. The third kappa shape index (κ3) is 5.12. The lowest BCUT2D eigenvalue weighted by Gasteiger charge is -2.14. The molecule has 2 atom stereocenters. The Morgan fingerprint density at radius 1 is 1.04 bits per heavy atom. The van der Waals surface area contributed by atoms with Crippen LogP contribution in [0.1, 0.15) is 17.4 Å². The molecule has 1 saturated heterocycles. The number of nitrogens with zero attached hydrogens (tertiary/aromatic N) is 2. The van der Waals surface area contributed by atoms with Gasteiger partial charge in [0.25, 0.3) is 0 Å². The van der Waals surface area contributed by atoms with Gasteiger partial charge in [-0.2, -0.15) is 0 Å². The molecule has 144 valence electrons. The van der Waals surface area contributed by atoms with E-state index in [4.69, 9.17) is 10.2 Å². The average molecular weight is 471 g/mol. The Bertz CT molecular complexity index is 842. The van der Waals surface area contributed by atoms with Crippen molar-refractivity contribution in [3.05, 3.63) is 76.7 Å². The van der Waals surface area contributed by atoms with Crippen LogP contribution in [-0.4, -0.2) is 29.0 Å². The van der Waals surface area contributed by atoms with Crippen LogP contribution in [0.5, 0.6) is 0 Å². The zero-order valence-electron chi connectivity index (χ0n) is 14.6. The first-order chi connectivity index (χ1) is 12.2. The maximum atomic E-state index is 6.37. The topological polar surface area (TPSA) is 55.3 Å². The van der Waals surface area contributed by atoms with Gasteiger partial charge in [0.1, 0.15) is 0 Å². The van der Waals surface area contributed by atoms with Crippen LogP contribution in [0.25, 0.3) is 11.3 Å². The van der Waals surface area contributed by atoms with Gasteiger partial charge < -0.3 is 10.2 Å². The van der Waals surface area contributed by atoms with E-state index in [0.717, 1.165) is 34.8 Å². The third-order valence-corrected chi connectivity index (χ3v) is 5.24. The van der Waals surface area contributed by atoms with Gasteiger partial charge in [0.15, 0.2) is 5.76 Å². The van der Waals surface area contributed by atoms with Crippen LogP contribution in [-0.2, 0) is 6.54 Å². The Kier molecular flexibility index (Phi) is 7.89. The number of hydrogen-bond acceptors (Lipinski definition) is 4. The summed E-state index contributed by atoms with van der Waals surface area (Å²) in [6.45, 7) is 2.48. The van der Waals surface area contributed by atoms with E-state index in [1.165, 1.54) is 5.56 Å². The quantitative estimate of drug-likeness (QED) is 0.590. The molecule has 2 aromatic carbocycles. The van der Waals surface area contributed by atoms with Crippen molar-refractivity contribution in [2.24, 2.45) is 5.73 Å². The lowest BCUT2D eigenvalue weighted by atomic mass is 9.95. The lowest BCUT2D eigenvalue weighted by molar-refractivity contribution is 0.287. The van der Waals surface area contributed by atoms with Crippen LogP contribution >= 0.6 is 40.7 Å². The molecule has 0 amide bonds. The van der Waals surface area contributed by atoms with Crippen molar-refractivity contribution in [2.45, 2.75) is 18.5 Å². The van der Waals surface area contributed by atoms with Crippen LogP contribution in [0.4, 0.5) is 0 Å². The Morgan fingerprint density at radius 2 is 1.74 bits per heavy atom. The molecule has 0 radical (unpaired) electrons. The van der Waals surface area contributed by atoms with Gasteiger partial charge in [0, 0.05) is 35.1 Å². The van der Waals surface area contributed by atoms with E-state index < -0.39 is 0 Å². The summed E-state index contributed by atoms with van der Waals surface area (Å²) in [4.78, 5) is 6.76. The molecule has 2 N–H and O–H groups in total. The summed E-state index contributed by atoms with van der Waals surface area (Å²) in [5.74, 6) is 1.89. The molecule has 0 bridgehead atoms. The molecule has 1 aromatic heterocycles. The normalized spacial score (nSPS) is 19.3. The molecular weight excluding hydrogens is 449 g/mol. The molecule has 27 heavy (non-hydrogen) atoms. The van der Waals surface area contributed by atoms with Crippen LogP contribution < -0.4 is 5.73 Å². The van der Waals surface area contributed by atoms with E-state index in [9.17, 15) is 0 Å². The SMILES string of the molecule is Cl.Cl.N[C@@H]1CN(Cc2ncc(-c3ccc(Br)cc3)o2)C[C@H]1c1ccccc1. The van der Waals surface area contributed by atoms with Crippen LogP contribution in [0.15, 0.2) is 69.7 Å². The molecule has 7 heteroatoms. The predicted octanol–water partition coefficient (Wildman–Crippen LogP) is 4.87. The third-order valence-electron chi connectivity index (χ3n) is 4.71. The van der Waals surface area contributed by atoms with Crippen molar-refractivity contribution in [1.29, 1.82) is 0 Å². The van der Waals surface area contributed by atoms with Crippen molar-refractivity contribution < 1.29 is 4.42 Å². The fourth-order valence-electron chi connectivity index (χ4n) is 3.42. The Labute approximate surface area is 180 Å². The first-order valence-electron chi connectivity index (χ1n) is 8.42. The number of nitrogens with two attached hydrogens (primary N) is 1. The summed E-state index contributed by atoms with van der Waals surface area (Å²) in [6, 6.07) is 18.7. The average Bonchev–Trinajstić information content (AvgIpc) is 3.23. The van der Waals surface area contributed by atoms with Crippen molar-refractivity contribution in [2.75, 3.05) is 13.1 Å².